The van der Waals surface area contributed by atoms with E-state index in [1.807, 2.05) is 73.0 Å². The van der Waals surface area contributed by atoms with Gasteiger partial charge in [0.2, 0.25) is 0 Å². The van der Waals surface area contributed by atoms with Gasteiger partial charge in [-0.05, 0) is 149 Å². The van der Waals surface area contributed by atoms with Crippen molar-refractivity contribution >= 4 is 86.4 Å². The van der Waals surface area contributed by atoms with Crippen LogP contribution in [0.3, 0.4) is 0 Å². The van der Waals surface area contributed by atoms with Crippen LogP contribution in [0.25, 0.3) is 22.3 Å². The lowest BCUT2D eigenvalue weighted by atomic mass is 9.79. The van der Waals surface area contributed by atoms with Gasteiger partial charge in [0.1, 0.15) is 50.4 Å². The smallest absolute Gasteiger partial charge is 0.399 e. The number of likely N-dealkylation sites (tertiary alicyclic amines) is 2. The number of imidazole rings is 2. The fraction of sp³-hybridized carbons (Fsp3) is 0.276. The molecule has 0 unspecified atom stereocenters. The zero-order valence-corrected chi connectivity index (χ0v) is 46.6. The van der Waals surface area contributed by atoms with Crippen molar-refractivity contribution in [2.45, 2.75) is 90.5 Å². The van der Waals surface area contributed by atoms with Crippen molar-refractivity contribution < 1.29 is 28.5 Å². The monoisotopic (exact) mass is 1140 g/mol. The summed E-state index contributed by atoms with van der Waals surface area (Å²) in [6.07, 6.45) is 13.6. The molecule has 3 fully saturated rings. The van der Waals surface area contributed by atoms with Crippen LogP contribution in [-0.4, -0.2) is 104 Å². The van der Waals surface area contributed by atoms with Crippen molar-refractivity contribution in [1.29, 1.82) is 0 Å². The molecule has 22 heteroatoms. The highest BCUT2D eigenvalue weighted by Gasteiger charge is 2.51. The summed E-state index contributed by atoms with van der Waals surface area (Å²) in [5.74, 6) is 13.0. The van der Waals surface area contributed by atoms with Crippen molar-refractivity contribution in [3.8, 4) is 34.9 Å². The zero-order chi connectivity index (χ0) is 56.7. The molecule has 6 aromatic heterocycles. The first kappa shape index (κ1) is 55.8. The van der Waals surface area contributed by atoms with Crippen LogP contribution in [0.2, 0.25) is 0 Å². The molecule has 3 aliphatic heterocycles. The van der Waals surface area contributed by atoms with Crippen LogP contribution in [0.4, 0.5) is 23.3 Å². The Balaban J connectivity index is 0.000000151. The normalized spacial score (nSPS) is 16.8. The van der Waals surface area contributed by atoms with E-state index in [2.05, 4.69) is 75.2 Å². The predicted octanol–water partition coefficient (Wildman–Crippen LogP) is 7.71. The summed E-state index contributed by atoms with van der Waals surface area (Å²) < 4.78 is 16.5. The highest BCUT2D eigenvalue weighted by atomic mass is 79.9. The lowest BCUT2D eigenvalue weighted by molar-refractivity contribution is -0.126. The van der Waals surface area contributed by atoms with E-state index >= 15 is 0 Å². The van der Waals surface area contributed by atoms with Crippen molar-refractivity contribution in [2.75, 3.05) is 35.2 Å². The van der Waals surface area contributed by atoms with Gasteiger partial charge in [0.05, 0.1) is 23.3 Å². The summed E-state index contributed by atoms with van der Waals surface area (Å²) in [6.45, 7) is 12.7. The maximum Gasteiger partial charge on any atom is 0.494 e. The molecule has 80 heavy (non-hydrogen) atoms. The molecule has 0 spiro atoms. The highest BCUT2D eigenvalue weighted by molar-refractivity contribution is 9.10. The van der Waals surface area contributed by atoms with Crippen LogP contribution in [-0.2, 0) is 18.9 Å². The number of hydrogen-bond acceptors (Lipinski definition) is 14. The second-order valence-corrected chi connectivity index (χ2v) is 20.6. The molecule has 0 saturated carbocycles. The fourth-order valence-electron chi connectivity index (χ4n) is 9.52. The molecule has 2 aromatic carbocycles. The Morgan fingerprint density at radius 1 is 0.625 bits per heavy atom. The number of nitrogens with zero attached hydrogens (tertiary/aromatic N) is 10. The van der Waals surface area contributed by atoms with Crippen LogP contribution >= 0.6 is 15.9 Å². The van der Waals surface area contributed by atoms with E-state index in [9.17, 15) is 19.2 Å². The third-order valence-electron chi connectivity index (χ3n) is 14.2. The molecule has 3 aliphatic rings. The molecule has 3 saturated heterocycles. The van der Waals surface area contributed by atoms with E-state index in [0.717, 1.165) is 48.1 Å². The summed E-state index contributed by atoms with van der Waals surface area (Å²) in [6, 6.07) is 24.7. The van der Waals surface area contributed by atoms with Crippen molar-refractivity contribution in [1.82, 2.24) is 48.5 Å². The number of benzene rings is 2. The minimum absolute atomic E-state index is 0.0843. The van der Waals surface area contributed by atoms with E-state index < -0.39 is 7.12 Å². The molecule has 6 N–H and O–H groups in total. The number of pyridine rings is 2. The zero-order valence-electron chi connectivity index (χ0n) is 45.0. The molecule has 20 nitrogen and oxygen atoms in total. The number of nitrogens with one attached hydrogen (secondary N) is 2. The summed E-state index contributed by atoms with van der Waals surface area (Å²) in [5, 5.41) is 5.54. The summed E-state index contributed by atoms with van der Waals surface area (Å²) >= 11 is 3.42. The minimum atomic E-state index is -0.428. The topological polar surface area (TPSA) is 255 Å². The molecule has 4 amide bonds. The van der Waals surface area contributed by atoms with Gasteiger partial charge >= 0.3 is 7.12 Å². The van der Waals surface area contributed by atoms with Crippen LogP contribution in [0, 0.1) is 23.7 Å². The Labute approximate surface area is 471 Å². The van der Waals surface area contributed by atoms with Gasteiger partial charge in [0, 0.05) is 67.0 Å². The fourth-order valence-corrected chi connectivity index (χ4v) is 10.1. The minimum Gasteiger partial charge on any atom is -0.399 e. The van der Waals surface area contributed by atoms with E-state index in [0.29, 0.717) is 69.1 Å². The summed E-state index contributed by atoms with van der Waals surface area (Å²) in [4.78, 5) is 79.1. The number of amides is 4. The number of carbonyl (C=O) groups excluding carboxylic acids is 4. The first-order valence-corrected chi connectivity index (χ1v) is 26.7. The molecular formula is C58H58BBrN14O6. The Hall–Kier alpha value is -8.96. The second kappa shape index (κ2) is 24.0. The number of aromatic nitrogens is 8. The molecule has 0 radical (unpaired) electrons. The largest absolute Gasteiger partial charge is 0.494 e. The molecule has 406 valence electrons. The number of hydrogen-bond donors (Lipinski definition) is 4. The quantitative estimate of drug-likeness (QED) is 0.0840. The molecule has 8 aromatic rings. The van der Waals surface area contributed by atoms with Gasteiger partial charge in [0.25, 0.3) is 23.6 Å². The SMILES string of the molecule is CC#CC(=O)N1CCC[C@H]1c1nc(-c2ccc(C(=O)Nc3ccccn3)cc2)c2c(N)nccn12.CC#CC(=O)N1CCC[C@H]1c1nc(Br)c2c(N)nccn12.CC1(C)OB(c2ccc(C(=O)Nc3ccccn3)cc2)OC1(C)C. The average molecular weight is 1140 g/mol. The third-order valence-corrected chi connectivity index (χ3v) is 14.8. The molecule has 11 rings (SSSR count). The number of nitrogen functional groups attached to an aromatic ring is 2. The van der Waals surface area contributed by atoms with Crippen molar-refractivity contribution in [3.05, 3.63) is 149 Å². The molecule has 9 heterocycles. The van der Waals surface area contributed by atoms with E-state index in [-0.39, 0.29) is 46.9 Å². The van der Waals surface area contributed by atoms with Gasteiger partial charge in [-0.15, -0.1) is 0 Å². The van der Waals surface area contributed by atoms with Crippen LogP contribution < -0.4 is 27.6 Å². The standard InChI is InChI=1S/C26H23N7O2.C18H21BN2O3.C14H14BrN5O/c1-2-6-21(34)32-15-5-7-19(32)25-31-22(23-24(27)29-14-16-33(23)25)17-9-11-18(12-10-17)26(35)30-20-8-3-4-13-28-20;1-17(2)18(3,4)24-19(23-17)14-10-8-13(9-11-14)16(22)21-15-7-5-6-12-20-15;1-2-4-10(21)19-7-3-5-9(19)14-18-12(15)11-13(16)17-6-8-20(11)14/h3-4,8-14,16,19H,5,7,15H2,1H3,(H2,27,29)(H,28,30,35);5-12H,1-4H3,(H,20,21,22);6,8-9H,3,5,7H2,1H3,(H2,16,17)/t19-;;9-/m0.0/s1. The van der Waals surface area contributed by atoms with Crippen LogP contribution in [0.5, 0.6) is 0 Å². The maximum atomic E-state index is 12.6. The van der Waals surface area contributed by atoms with E-state index in [1.165, 1.54) is 0 Å². The molecular weight excluding hydrogens is 1080 g/mol. The Morgan fingerprint density at radius 3 is 1.56 bits per heavy atom. The van der Waals surface area contributed by atoms with Crippen LogP contribution in [0.15, 0.2) is 127 Å². The Kier molecular flexibility index (Phi) is 16.7. The Bertz CT molecular complexity index is 3710. The van der Waals surface area contributed by atoms with Crippen molar-refractivity contribution in [2.24, 2.45) is 0 Å². The van der Waals surface area contributed by atoms with Crippen LogP contribution in [0.1, 0.15) is 112 Å². The number of fused-ring (bicyclic) bond motifs is 2. The van der Waals surface area contributed by atoms with Crippen molar-refractivity contribution in [3.63, 3.8) is 0 Å². The maximum absolute atomic E-state index is 12.6. The number of halogens is 1. The molecule has 0 bridgehead atoms. The van der Waals surface area contributed by atoms with Gasteiger partial charge in [-0.1, -0.05) is 48.2 Å². The van der Waals surface area contributed by atoms with Gasteiger partial charge in [-0.2, -0.15) is 0 Å². The van der Waals surface area contributed by atoms with Gasteiger partial charge in [-0.25, -0.2) is 29.9 Å². The van der Waals surface area contributed by atoms with E-state index in [4.69, 9.17) is 25.8 Å². The van der Waals surface area contributed by atoms with Gasteiger partial charge in [-0.3, -0.25) is 28.0 Å². The number of anilines is 4. The lowest BCUT2D eigenvalue weighted by Gasteiger charge is -2.32. The van der Waals surface area contributed by atoms with E-state index in [1.54, 1.807) is 109 Å². The number of nitrogens with two attached hydrogens (primary N) is 2. The second-order valence-electron chi connectivity index (χ2n) is 19.8. The Morgan fingerprint density at radius 2 is 1.09 bits per heavy atom. The number of rotatable bonds is 8. The van der Waals surface area contributed by atoms with Gasteiger partial charge in [0.15, 0.2) is 5.82 Å². The van der Waals surface area contributed by atoms with Gasteiger partial charge < -0.3 is 41.2 Å². The summed E-state index contributed by atoms with van der Waals surface area (Å²) in [5.41, 5.74) is 16.2. The lowest BCUT2D eigenvalue weighted by Crippen LogP contribution is -2.41. The first-order chi connectivity index (χ1) is 38.5. The predicted molar refractivity (Wildman–Crippen MR) is 309 cm³/mol. The number of carbonyl (C=O) groups is 4. The molecule has 2 atom stereocenters. The third kappa shape index (κ3) is 11.9. The molecule has 0 aliphatic carbocycles. The highest BCUT2D eigenvalue weighted by Crippen LogP contribution is 2.39. The average Bonchev–Trinajstić information content (AvgIpc) is 4.34. The summed E-state index contributed by atoms with van der Waals surface area (Å²) in [7, 11) is -0.428. The first-order valence-electron chi connectivity index (χ1n) is 25.9.